The minimum Gasteiger partial charge on any atom is -0.310 e. The highest BCUT2D eigenvalue weighted by Gasteiger charge is 2.25. The van der Waals surface area contributed by atoms with E-state index in [1.54, 1.807) is 31.0 Å². The summed E-state index contributed by atoms with van der Waals surface area (Å²) in [6.45, 7) is 2.38. The number of amides is 1. The van der Waals surface area contributed by atoms with Crippen LogP contribution >= 0.6 is 0 Å². The van der Waals surface area contributed by atoms with E-state index in [9.17, 15) is 13.6 Å². The van der Waals surface area contributed by atoms with Crippen LogP contribution < -0.4 is 4.90 Å². The predicted octanol–water partition coefficient (Wildman–Crippen LogP) is 3.73. The number of nitrogens with zero attached hydrogens (tertiary/aromatic N) is 3. The number of halogens is 2. The largest absolute Gasteiger partial charge is 0.310 e. The number of hydrogen-bond donors (Lipinski definition) is 0. The van der Waals surface area contributed by atoms with Gasteiger partial charge in [0.2, 0.25) is 5.91 Å². The molecule has 0 saturated carbocycles. The Bertz CT molecular complexity index is 786. The third-order valence-electron chi connectivity index (χ3n) is 4.19. The zero-order valence-electron chi connectivity index (χ0n) is 14.8. The molecule has 0 bridgehead atoms. The number of carbonyl (C=O) groups is 1. The first kappa shape index (κ1) is 19.5. The summed E-state index contributed by atoms with van der Waals surface area (Å²) >= 11 is 0. The first-order chi connectivity index (χ1) is 12.4. The molecule has 6 heteroatoms. The summed E-state index contributed by atoms with van der Waals surface area (Å²) in [5.74, 6) is -0.916. The second kappa shape index (κ2) is 9.07. The van der Waals surface area contributed by atoms with Crippen LogP contribution in [-0.4, -0.2) is 30.4 Å². The zero-order valence-corrected chi connectivity index (χ0v) is 14.8. The highest BCUT2D eigenvalue weighted by atomic mass is 19.1. The lowest BCUT2D eigenvalue weighted by Gasteiger charge is -2.30. The Morgan fingerprint density at radius 1 is 1.15 bits per heavy atom. The van der Waals surface area contributed by atoms with Crippen LogP contribution in [0.2, 0.25) is 0 Å². The molecule has 136 valence electrons. The number of nitriles is 1. The van der Waals surface area contributed by atoms with Crippen molar-refractivity contribution in [1.82, 2.24) is 4.90 Å². The van der Waals surface area contributed by atoms with Gasteiger partial charge >= 0.3 is 0 Å². The van der Waals surface area contributed by atoms with E-state index in [1.165, 1.54) is 41.3 Å². The summed E-state index contributed by atoms with van der Waals surface area (Å²) in [7, 11) is 1.78. The third kappa shape index (κ3) is 5.11. The van der Waals surface area contributed by atoms with E-state index in [4.69, 9.17) is 5.26 Å². The molecule has 0 fully saturated rings. The number of benzene rings is 2. The molecule has 2 aromatic carbocycles. The van der Waals surface area contributed by atoms with E-state index < -0.39 is 11.9 Å². The van der Waals surface area contributed by atoms with E-state index in [0.29, 0.717) is 12.2 Å². The summed E-state index contributed by atoms with van der Waals surface area (Å²) in [6, 6.07) is 13.4. The van der Waals surface area contributed by atoms with Gasteiger partial charge in [0.05, 0.1) is 18.5 Å². The number of carbonyl (C=O) groups excluding carboxylic acids is 1. The molecule has 26 heavy (non-hydrogen) atoms. The van der Waals surface area contributed by atoms with Crippen molar-refractivity contribution in [3.05, 3.63) is 65.7 Å². The molecule has 1 unspecified atom stereocenters. The summed E-state index contributed by atoms with van der Waals surface area (Å²) in [5.41, 5.74) is 1.30. The van der Waals surface area contributed by atoms with Gasteiger partial charge in [-0.05, 0) is 55.9 Å². The van der Waals surface area contributed by atoms with Crippen LogP contribution in [0.1, 0.15) is 18.9 Å². The van der Waals surface area contributed by atoms with E-state index in [2.05, 4.69) is 0 Å². The molecule has 4 nitrogen and oxygen atoms in total. The quantitative estimate of drug-likeness (QED) is 0.759. The summed E-state index contributed by atoms with van der Waals surface area (Å²) in [4.78, 5) is 16.2. The molecule has 0 aliphatic rings. The van der Waals surface area contributed by atoms with Crippen LogP contribution in [0.4, 0.5) is 14.5 Å². The minimum atomic E-state index is -0.498. The summed E-state index contributed by atoms with van der Waals surface area (Å²) in [5, 5.41) is 8.86. The summed E-state index contributed by atoms with van der Waals surface area (Å²) in [6.07, 6.45) is 0.170. The van der Waals surface area contributed by atoms with Crippen molar-refractivity contribution in [1.29, 1.82) is 5.26 Å². The second-order valence-corrected chi connectivity index (χ2v) is 6.10. The van der Waals surface area contributed by atoms with Crippen molar-refractivity contribution >= 4 is 11.6 Å². The highest BCUT2D eigenvalue weighted by Crippen LogP contribution is 2.18. The van der Waals surface area contributed by atoms with Crippen molar-refractivity contribution in [3.63, 3.8) is 0 Å². The topological polar surface area (TPSA) is 47.3 Å². The molecule has 0 aliphatic heterocycles. The smallest absolute Gasteiger partial charge is 0.244 e. The Hall–Kier alpha value is -2.78. The molecular weight excluding hydrogens is 336 g/mol. The van der Waals surface area contributed by atoms with Gasteiger partial charge in [-0.2, -0.15) is 5.26 Å². The summed E-state index contributed by atoms with van der Waals surface area (Å²) < 4.78 is 26.5. The maximum absolute atomic E-state index is 13.3. The van der Waals surface area contributed by atoms with Crippen molar-refractivity contribution in [3.8, 4) is 6.07 Å². The van der Waals surface area contributed by atoms with Gasteiger partial charge in [0.1, 0.15) is 11.6 Å². The van der Waals surface area contributed by atoms with Gasteiger partial charge in [-0.25, -0.2) is 8.78 Å². The average Bonchev–Trinajstić information content (AvgIpc) is 2.62. The van der Waals surface area contributed by atoms with E-state index in [0.717, 1.165) is 5.56 Å². The first-order valence-electron chi connectivity index (χ1n) is 8.31. The maximum Gasteiger partial charge on any atom is 0.244 e. The van der Waals surface area contributed by atoms with Crippen molar-refractivity contribution < 1.29 is 13.6 Å². The second-order valence-electron chi connectivity index (χ2n) is 6.10. The number of likely N-dealkylation sites (N-methyl/N-ethyl adjacent to an activating group) is 1. The lowest BCUT2D eigenvalue weighted by atomic mass is 10.1. The van der Waals surface area contributed by atoms with Crippen molar-refractivity contribution in [2.75, 3.05) is 18.5 Å². The van der Waals surface area contributed by atoms with E-state index >= 15 is 0 Å². The Morgan fingerprint density at radius 2 is 1.85 bits per heavy atom. The number of hydrogen-bond acceptors (Lipinski definition) is 3. The van der Waals surface area contributed by atoms with Gasteiger partial charge in [0.25, 0.3) is 0 Å². The maximum atomic E-state index is 13.3. The Kier molecular flexibility index (Phi) is 6.81. The molecule has 2 aromatic rings. The fourth-order valence-corrected chi connectivity index (χ4v) is 2.62. The number of rotatable bonds is 7. The van der Waals surface area contributed by atoms with Crippen molar-refractivity contribution in [2.45, 2.75) is 25.9 Å². The van der Waals surface area contributed by atoms with Gasteiger partial charge in [-0.3, -0.25) is 9.69 Å². The van der Waals surface area contributed by atoms with Gasteiger partial charge in [0.15, 0.2) is 0 Å². The van der Waals surface area contributed by atoms with Crippen LogP contribution in [0.25, 0.3) is 0 Å². The molecule has 0 saturated heterocycles. The monoisotopic (exact) mass is 357 g/mol. The molecule has 0 spiro atoms. The SMILES string of the molecule is CC(C(=O)N(CCC#N)c1ccc(F)cc1)N(C)Cc1cccc(F)c1. The fraction of sp³-hybridized carbons (Fsp3) is 0.300. The molecule has 2 rings (SSSR count). The molecular formula is C20H21F2N3O. The highest BCUT2D eigenvalue weighted by molar-refractivity contribution is 5.96. The standard InChI is InChI=1S/C20H21F2N3O/c1-15(24(2)14-16-5-3-6-18(22)13-16)20(26)25(12-4-11-23)19-9-7-17(21)8-10-19/h3,5-10,13,15H,4,12,14H2,1-2H3. The molecule has 0 aliphatic carbocycles. The van der Waals surface area contributed by atoms with Crippen LogP contribution in [-0.2, 0) is 11.3 Å². The number of anilines is 1. The third-order valence-corrected chi connectivity index (χ3v) is 4.19. The lowest BCUT2D eigenvalue weighted by molar-refractivity contribution is -0.123. The molecule has 0 radical (unpaired) electrons. The van der Waals surface area contributed by atoms with Crippen LogP contribution in [0, 0.1) is 23.0 Å². The molecule has 0 aromatic heterocycles. The molecule has 0 N–H and O–H groups in total. The van der Waals surface area contributed by atoms with E-state index in [-0.39, 0.29) is 24.7 Å². The Balaban J connectivity index is 2.15. The van der Waals surface area contributed by atoms with Gasteiger partial charge in [-0.15, -0.1) is 0 Å². The van der Waals surface area contributed by atoms with Crippen LogP contribution in [0.15, 0.2) is 48.5 Å². The minimum absolute atomic E-state index is 0.170. The van der Waals surface area contributed by atoms with Crippen molar-refractivity contribution in [2.24, 2.45) is 0 Å². The van der Waals surface area contributed by atoms with Crippen LogP contribution in [0.3, 0.4) is 0 Å². The predicted molar refractivity (Wildman–Crippen MR) is 96.3 cm³/mol. The zero-order chi connectivity index (χ0) is 19.1. The average molecular weight is 357 g/mol. The van der Waals surface area contributed by atoms with Gasteiger partial charge in [-0.1, -0.05) is 12.1 Å². The molecule has 1 amide bonds. The first-order valence-corrected chi connectivity index (χ1v) is 8.31. The Morgan fingerprint density at radius 3 is 2.46 bits per heavy atom. The molecule has 1 atom stereocenters. The van der Waals surface area contributed by atoms with Crippen LogP contribution in [0.5, 0.6) is 0 Å². The van der Waals surface area contributed by atoms with Gasteiger partial charge < -0.3 is 4.90 Å². The normalized spacial score (nSPS) is 11.8. The molecule has 0 heterocycles. The van der Waals surface area contributed by atoms with Gasteiger partial charge in [0, 0.05) is 18.8 Å². The fourth-order valence-electron chi connectivity index (χ4n) is 2.62. The van der Waals surface area contributed by atoms with E-state index in [1.807, 2.05) is 6.07 Å². The Labute approximate surface area is 152 Å². The lowest BCUT2D eigenvalue weighted by Crippen LogP contribution is -2.46.